The van der Waals surface area contributed by atoms with Gasteiger partial charge in [-0.05, 0) is 42.8 Å². The zero-order valence-corrected chi connectivity index (χ0v) is 14.5. The highest BCUT2D eigenvalue weighted by atomic mass is 16.5. The van der Waals surface area contributed by atoms with Crippen LogP contribution in [0.2, 0.25) is 0 Å². The molecular weight excluding hydrogens is 306 g/mol. The Kier molecular flexibility index (Phi) is 6.07. The highest BCUT2D eigenvalue weighted by molar-refractivity contribution is 5.97. The largest absolute Gasteiger partial charge is 0.497 e. The molecule has 5 heteroatoms. The lowest BCUT2D eigenvalue weighted by Crippen LogP contribution is -2.31. The van der Waals surface area contributed by atoms with Crippen molar-refractivity contribution in [3.8, 4) is 17.2 Å². The van der Waals surface area contributed by atoms with Crippen LogP contribution in [0.3, 0.4) is 0 Å². The molecule has 2 rings (SSSR count). The summed E-state index contributed by atoms with van der Waals surface area (Å²) in [5.41, 5.74) is 1.60. The minimum atomic E-state index is -0.140. The van der Waals surface area contributed by atoms with E-state index in [0.717, 1.165) is 11.3 Å². The molecule has 24 heavy (non-hydrogen) atoms. The van der Waals surface area contributed by atoms with Crippen LogP contribution in [0.25, 0.3) is 0 Å². The zero-order chi connectivity index (χ0) is 17.5. The molecule has 0 aliphatic rings. The maximum absolute atomic E-state index is 12.6. The molecule has 128 valence electrons. The first kappa shape index (κ1) is 17.7. The van der Waals surface area contributed by atoms with Crippen molar-refractivity contribution in [2.24, 2.45) is 0 Å². The summed E-state index contributed by atoms with van der Waals surface area (Å²) < 4.78 is 16.1. The van der Waals surface area contributed by atoms with E-state index in [9.17, 15) is 4.79 Å². The summed E-state index contributed by atoms with van der Waals surface area (Å²) in [5, 5.41) is 0. The first-order chi connectivity index (χ1) is 11.5. The standard InChI is InChI=1S/C19H23NO4/c1-14-6-5-7-16(12-14)24-11-10-20(2)19(21)17-13-15(22-3)8-9-18(17)23-4/h5-9,12-13H,10-11H2,1-4H3. The number of amides is 1. The highest BCUT2D eigenvalue weighted by Crippen LogP contribution is 2.25. The van der Waals surface area contributed by atoms with Gasteiger partial charge in [0.05, 0.1) is 26.3 Å². The lowest BCUT2D eigenvalue weighted by molar-refractivity contribution is 0.0770. The monoisotopic (exact) mass is 329 g/mol. The number of carbonyl (C=O) groups excluding carboxylic acids is 1. The van der Waals surface area contributed by atoms with Crippen LogP contribution < -0.4 is 14.2 Å². The Morgan fingerprint density at radius 2 is 1.83 bits per heavy atom. The maximum atomic E-state index is 12.6. The third-order valence-electron chi connectivity index (χ3n) is 3.67. The molecule has 5 nitrogen and oxygen atoms in total. The second-order valence-electron chi connectivity index (χ2n) is 5.46. The van der Waals surface area contributed by atoms with Crippen LogP contribution in [0, 0.1) is 6.92 Å². The maximum Gasteiger partial charge on any atom is 0.257 e. The van der Waals surface area contributed by atoms with E-state index >= 15 is 0 Å². The summed E-state index contributed by atoms with van der Waals surface area (Å²) in [6, 6.07) is 13.0. The number of rotatable bonds is 7. The zero-order valence-electron chi connectivity index (χ0n) is 14.5. The van der Waals surface area contributed by atoms with Crippen molar-refractivity contribution in [1.29, 1.82) is 0 Å². The molecule has 0 atom stereocenters. The summed E-state index contributed by atoms with van der Waals surface area (Å²) in [5.74, 6) is 1.80. The third-order valence-corrected chi connectivity index (χ3v) is 3.67. The summed E-state index contributed by atoms with van der Waals surface area (Å²) in [6.07, 6.45) is 0. The molecule has 0 radical (unpaired) electrons. The number of nitrogens with zero attached hydrogens (tertiary/aromatic N) is 1. The number of ether oxygens (including phenoxy) is 3. The van der Waals surface area contributed by atoms with Gasteiger partial charge in [0.15, 0.2) is 0 Å². The summed E-state index contributed by atoms with van der Waals surface area (Å²) in [4.78, 5) is 14.2. The van der Waals surface area contributed by atoms with Gasteiger partial charge >= 0.3 is 0 Å². The SMILES string of the molecule is COc1ccc(OC)c(C(=O)N(C)CCOc2cccc(C)c2)c1. The number of hydrogen-bond acceptors (Lipinski definition) is 4. The highest BCUT2D eigenvalue weighted by Gasteiger charge is 2.17. The number of likely N-dealkylation sites (N-methyl/N-ethyl adjacent to an activating group) is 1. The topological polar surface area (TPSA) is 48.0 Å². The summed E-state index contributed by atoms with van der Waals surface area (Å²) >= 11 is 0. The number of benzene rings is 2. The fourth-order valence-corrected chi connectivity index (χ4v) is 2.29. The van der Waals surface area contributed by atoms with Crippen LogP contribution in [-0.2, 0) is 0 Å². The Labute approximate surface area is 142 Å². The average Bonchev–Trinajstić information content (AvgIpc) is 2.60. The van der Waals surface area contributed by atoms with E-state index in [2.05, 4.69) is 0 Å². The third kappa shape index (κ3) is 4.41. The Hall–Kier alpha value is -2.69. The van der Waals surface area contributed by atoms with Gasteiger partial charge in [-0.3, -0.25) is 4.79 Å². The molecule has 0 saturated carbocycles. The van der Waals surface area contributed by atoms with Gasteiger partial charge in [-0.2, -0.15) is 0 Å². The molecule has 2 aromatic carbocycles. The van der Waals surface area contributed by atoms with Gasteiger partial charge in [-0.1, -0.05) is 12.1 Å². The van der Waals surface area contributed by atoms with Crippen LogP contribution in [0.1, 0.15) is 15.9 Å². The molecular formula is C19H23NO4. The number of aryl methyl sites for hydroxylation is 1. The van der Waals surface area contributed by atoms with Crippen LogP contribution in [0.4, 0.5) is 0 Å². The predicted octanol–water partition coefficient (Wildman–Crippen LogP) is 3.16. The average molecular weight is 329 g/mol. The molecule has 0 bridgehead atoms. The van der Waals surface area contributed by atoms with Crippen LogP contribution in [0.5, 0.6) is 17.2 Å². The Bertz CT molecular complexity index is 700. The number of carbonyl (C=O) groups is 1. The molecule has 0 aliphatic heterocycles. The molecule has 0 saturated heterocycles. The van der Waals surface area contributed by atoms with Crippen molar-refractivity contribution < 1.29 is 19.0 Å². The molecule has 0 heterocycles. The molecule has 2 aromatic rings. The number of hydrogen-bond donors (Lipinski definition) is 0. The predicted molar refractivity (Wildman–Crippen MR) is 93.2 cm³/mol. The van der Waals surface area contributed by atoms with Crippen molar-refractivity contribution >= 4 is 5.91 Å². The minimum Gasteiger partial charge on any atom is -0.497 e. The molecule has 0 aliphatic carbocycles. The van der Waals surface area contributed by atoms with Crippen LogP contribution >= 0.6 is 0 Å². The van der Waals surface area contributed by atoms with Gasteiger partial charge < -0.3 is 19.1 Å². The van der Waals surface area contributed by atoms with Gasteiger partial charge in [0.25, 0.3) is 5.91 Å². The minimum absolute atomic E-state index is 0.140. The second-order valence-corrected chi connectivity index (χ2v) is 5.46. The van der Waals surface area contributed by atoms with Crippen molar-refractivity contribution in [3.05, 3.63) is 53.6 Å². The van der Waals surface area contributed by atoms with Crippen LogP contribution in [-0.4, -0.2) is 45.2 Å². The van der Waals surface area contributed by atoms with Crippen molar-refractivity contribution in [2.75, 3.05) is 34.4 Å². The van der Waals surface area contributed by atoms with E-state index in [-0.39, 0.29) is 5.91 Å². The van der Waals surface area contributed by atoms with Crippen LogP contribution in [0.15, 0.2) is 42.5 Å². The lowest BCUT2D eigenvalue weighted by atomic mass is 10.1. The second kappa shape index (κ2) is 8.24. The van der Waals surface area contributed by atoms with E-state index in [4.69, 9.17) is 14.2 Å². The van der Waals surface area contributed by atoms with Gasteiger partial charge in [-0.25, -0.2) is 0 Å². The summed E-state index contributed by atoms with van der Waals surface area (Å²) in [6.45, 7) is 2.89. The van der Waals surface area contributed by atoms with E-state index < -0.39 is 0 Å². The molecule has 0 spiro atoms. The van der Waals surface area contributed by atoms with Gasteiger partial charge in [-0.15, -0.1) is 0 Å². The van der Waals surface area contributed by atoms with Crippen molar-refractivity contribution in [3.63, 3.8) is 0 Å². The van der Waals surface area contributed by atoms with Crippen molar-refractivity contribution in [2.45, 2.75) is 6.92 Å². The Morgan fingerprint density at radius 3 is 2.50 bits per heavy atom. The fraction of sp³-hybridized carbons (Fsp3) is 0.316. The first-order valence-electron chi connectivity index (χ1n) is 7.72. The molecule has 0 aromatic heterocycles. The fourth-order valence-electron chi connectivity index (χ4n) is 2.29. The quantitative estimate of drug-likeness (QED) is 0.783. The smallest absolute Gasteiger partial charge is 0.257 e. The lowest BCUT2D eigenvalue weighted by Gasteiger charge is -2.19. The Morgan fingerprint density at radius 1 is 1.04 bits per heavy atom. The van der Waals surface area contributed by atoms with Gasteiger partial charge in [0.1, 0.15) is 23.9 Å². The molecule has 0 unspecified atom stereocenters. The molecule has 0 fully saturated rings. The normalized spacial score (nSPS) is 10.2. The van der Waals surface area contributed by atoms with E-state index in [1.807, 2.05) is 31.2 Å². The number of methoxy groups -OCH3 is 2. The van der Waals surface area contributed by atoms with E-state index in [0.29, 0.717) is 30.2 Å². The van der Waals surface area contributed by atoms with Gasteiger partial charge in [0, 0.05) is 7.05 Å². The molecule has 0 N–H and O–H groups in total. The van der Waals surface area contributed by atoms with Crippen molar-refractivity contribution in [1.82, 2.24) is 4.90 Å². The summed E-state index contributed by atoms with van der Waals surface area (Å²) in [7, 11) is 4.84. The Balaban J connectivity index is 1.99. The van der Waals surface area contributed by atoms with E-state index in [1.165, 1.54) is 0 Å². The molecule has 1 amide bonds. The van der Waals surface area contributed by atoms with Gasteiger partial charge in [0.2, 0.25) is 0 Å². The van der Waals surface area contributed by atoms with E-state index in [1.54, 1.807) is 44.4 Å². The first-order valence-corrected chi connectivity index (χ1v) is 7.72.